The maximum absolute atomic E-state index is 13.7. The first-order valence-corrected chi connectivity index (χ1v) is 43.9. The number of nitrogens with one attached hydrogen (secondary N) is 3. The number of carboxylic acids is 1. The summed E-state index contributed by atoms with van der Waals surface area (Å²) in [6.07, 6.45) is 0.0916. The number of primary sulfonamides is 1. The van der Waals surface area contributed by atoms with Gasteiger partial charge in [0.15, 0.2) is 21.7 Å². The topological polar surface area (TPSA) is 368 Å². The fraction of sp³-hybridized carbons (Fsp3) is 0.500. The molecule has 0 spiro atoms. The molecular weight excluding hydrogens is 1690 g/mol. The lowest BCUT2D eigenvalue weighted by Crippen LogP contribution is -2.45. The van der Waals surface area contributed by atoms with Gasteiger partial charge in [0.2, 0.25) is 11.8 Å². The maximum atomic E-state index is 13.7. The lowest BCUT2D eigenvalue weighted by molar-refractivity contribution is -0.190. The monoisotopic (exact) mass is 1800 g/mol. The predicted octanol–water partition coefficient (Wildman–Crippen LogP) is 17.4. The zero-order valence-corrected chi connectivity index (χ0v) is 73.1. The van der Waals surface area contributed by atoms with Crippen molar-refractivity contribution in [2.75, 3.05) is 50.0 Å². The Balaban J connectivity index is 0.000000215. The highest BCUT2D eigenvalue weighted by Crippen LogP contribution is 2.61. The van der Waals surface area contributed by atoms with Gasteiger partial charge in [-0.2, -0.15) is 34.8 Å². The van der Waals surface area contributed by atoms with Gasteiger partial charge in [0, 0.05) is 86.0 Å². The number of hydrogen-bond donors (Lipinski definition) is 5. The molecule has 8 aromatic rings. The van der Waals surface area contributed by atoms with Gasteiger partial charge in [-0.15, -0.1) is 10.2 Å². The molecule has 0 bridgehead atoms. The van der Waals surface area contributed by atoms with Crippen molar-refractivity contribution in [3.63, 3.8) is 0 Å². The third-order valence-corrected chi connectivity index (χ3v) is 23.5. The molecule has 0 radical (unpaired) electrons. The summed E-state index contributed by atoms with van der Waals surface area (Å²) >= 11 is 12.2. The van der Waals surface area contributed by atoms with Crippen molar-refractivity contribution >= 4 is 78.9 Å². The Morgan fingerprint density at radius 1 is 0.537 bits per heavy atom. The molecule has 2 aliphatic heterocycles. The van der Waals surface area contributed by atoms with Crippen LogP contribution < -0.4 is 39.4 Å². The van der Waals surface area contributed by atoms with E-state index in [2.05, 4.69) is 54.6 Å². The molecule has 2 saturated heterocycles. The van der Waals surface area contributed by atoms with Crippen molar-refractivity contribution in [2.24, 2.45) is 27.8 Å². The highest BCUT2D eigenvalue weighted by Gasteiger charge is 2.63. The van der Waals surface area contributed by atoms with Crippen molar-refractivity contribution in [1.82, 2.24) is 54.0 Å². The van der Waals surface area contributed by atoms with E-state index in [1.54, 1.807) is 17.0 Å². The van der Waals surface area contributed by atoms with Crippen molar-refractivity contribution in [2.45, 2.75) is 217 Å². The first kappa shape index (κ1) is 95.0. The summed E-state index contributed by atoms with van der Waals surface area (Å²) in [4.78, 5) is 70.0. The van der Waals surface area contributed by atoms with Crippen LogP contribution in [0.4, 0.5) is 47.6 Å². The van der Waals surface area contributed by atoms with E-state index in [0.29, 0.717) is 62.5 Å². The van der Waals surface area contributed by atoms with E-state index in [1.165, 1.54) is 70.3 Å². The van der Waals surface area contributed by atoms with Crippen molar-refractivity contribution in [1.29, 1.82) is 0 Å². The van der Waals surface area contributed by atoms with Gasteiger partial charge in [0.05, 0.1) is 35.2 Å². The van der Waals surface area contributed by atoms with Gasteiger partial charge < -0.3 is 54.0 Å². The Labute approximate surface area is 720 Å². The number of carbonyl (C=O) groups is 4. The molecule has 123 heavy (non-hydrogen) atoms. The van der Waals surface area contributed by atoms with Crippen LogP contribution in [0.25, 0.3) is 11.6 Å². The third kappa shape index (κ3) is 27.1. The second-order valence-electron chi connectivity index (χ2n) is 34.1. The minimum atomic E-state index is -4.58. The average Bonchev–Trinajstić information content (AvgIpc) is 1.61. The summed E-state index contributed by atoms with van der Waals surface area (Å²) in [5.41, 5.74) is -3.46. The molecule has 4 aliphatic rings. The number of pyridine rings is 4. The van der Waals surface area contributed by atoms with Gasteiger partial charge in [0.1, 0.15) is 57.9 Å². The van der Waals surface area contributed by atoms with E-state index in [9.17, 15) is 62.4 Å². The van der Waals surface area contributed by atoms with Gasteiger partial charge >= 0.3 is 30.5 Å². The molecule has 2 saturated carbocycles. The van der Waals surface area contributed by atoms with E-state index in [-0.39, 0.29) is 156 Å². The minimum Gasteiger partial charge on any atom is -0.489 e. The molecular formula is C84H104Cl2F6N14O15S2. The van der Waals surface area contributed by atoms with Crippen molar-refractivity contribution in [3.8, 4) is 34.9 Å². The van der Waals surface area contributed by atoms with Crippen LogP contribution in [-0.2, 0) is 42.7 Å². The highest BCUT2D eigenvalue weighted by molar-refractivity contribution is 7.90. The fourth-order valence-electron chi connectivity index (χ4n) is 14.2. The van der Waals surface area contributed by atoms with Crippen LogP contribution >= 0.6 is 23.2 Å². The molecule has 0 unspecified atom stereocenters. The Kier molecular flexibility index (Phi) is 30.4. The number of anilines is 2. The molecule has 2 atom stereocenters. The number of halogens is 8. The number of aromatic carboxylic acids is 1. The van der Waals surface area contributed by atoms with Crippen molar-refractivity contribution < 1.29 is 95.9 Å². The average molecular weight is 1800 g/mol. The number of sulfonamides is 2. The summed E-state index contributed by atoms with van der Waals surface area (Å²) in [6, 6.07) is 33.1. The molecule has 12 rings (SSSR count). The van der Waals surface area contributed by atoms with Crippen LogP contribution in [0.3, 0.4) is 0 Å². The summed E-state index contributed by atoms with van der Waals surface area (Å²) in [5, 5.41) is 27.7. The molecule has 4 fully saturated rings. The van der Waals surface area contributed by atoms with E-state index >= 15 is 0 Å². The molecule has 2 aromatic carbocycles. The molecule has 6 aromatic heterocycles. The smallest absolute Gasteiger partial charge is 0.410 e. The standard InChI is InChI=1S/C42H51ClF3N7O7S.C26H38N4O5S.C16H15ClF3N3O3/c1-39(2,3)60-38(55)52-26-29(25-40(52,4)5)13-9-20-47-32-23-30(59-27-28-11-7-6-8-12-28)24-35(48-32)61(56,57)51-37(54)31-14-15-33(49-36(31)43)53-21-16-34(50-53)58-22-10-17-41(18-19-41)42(44,45)46;1-25(2,3)35-24(31)30-17-20(16-26(30,4)5)12-9-13-28-22-14-21(15-23(29-22)36(27,32)33)34-18-19-10-7-6-8-11-19;17-13-10(14(24)25)2-3-11(21-13)23-8-4-12(22-23)26-9-1-5-15(6-7-15)16(18,19)20/h6-8,11-12,14-16,21,23-24,29H,9-10,13,17-20,22,25-27H2,1-5H3,(H,47,48)(H,51,54);6-8,10-11,14-15,20H,9,12-13,16-18H2,1-5H3,(H,28,29)(H2,27,32,33);2-4,8H,1,5-7,9H2,(H,24,25)/t29-;20-;/m00./s1. The quantitative estimate of drug-likeness (QED) is 0.0145. The lowest BCUT2D eigenvalue weighted by atomic mass is 9.93. The van der Waals surface area contributed by atoms with Crippen molar-refractivity contribution in [3.05, 3.63) is 166 Å². The number of benzene rings is 2. The largest absolute Gasteiger partial charge is 0.489 e. The molecule has 29 nitrogen and oxygen atoms in total. The molecule has 3 amide bonds. The predicted molar refractivity (Wildman–Crippen MR) is 446 cm³/mol. The number of hydrogen-bond acceptors (Lipinski definition) is 22. The number of rotatable bonds is 33. The molecule has 6 N–H and O–H groups in total. The normalized spacial score (nSPS) is 17.0. The second kappa shape index (κ2) is 39.3. The number of likely N-dealkylation sites (tertiary alicyclic amines) is 2. The zero-order chi connectivity index (χ0) is 89.7. The van der Waals surface area contributed by atoms with Crippen LogP contribution in [0.15, 0.2) is 144 Å². The van der Waals surface area contributed by atoms with E-state index < -0.39 is 71.3 Å². The fourth-order valence-corrected chi connectivity index (χ4v) is 16.2. The first-order valence-electron chi connectivity index (χ1n) is 40.1. The zero-order valence-electron chi connectivity index (χ0n) is 70.0. The number of aromatic nitrogens is 8. The molecule has 2 aliphatic carbocycles. The molecule has 39 heteroatoms. The summed E-state index contributed by atoms with van der Waals surface area (Å²) in [6.45, 7) is 22.1. The van der Waals surface area contributed by atoms with Gasteiger partial charge in [-0.25, -0.2) is 62.0 Å². The number of nitrogens with zero attached hydrogens (tertiary/aromatic N) is 10. The Morgan fingerprint density at radius 2 is 0.935 bits per heavy atom. The van der Waals surface area contributed by atoms with E-state index in [1.807, 2.05) is 126 Å². The first-order chi connectivity index (χ1) is 57.6. The lowest BCUT2D eigenvalue weighted by Gasteiger charge is -2.33. The van der Waals surface area contributed by atoms with Crippen LogP contribution in [0, 0.1) is 22.7 Å². The number of ether oxygens (including phenoxy) is 6. The number of nitrogens with two attached hydrogens (primary N) is 1. The van der Waals surface area contributed by atoms with E-state index in [4.69, 9.17) is 61.9 Å². The maximum Gasteiger partial charge on any atom is 0.410 e. The molecule has 668 valence electrons. The highest BCUT2D eigenvalue weighted by atomic mass is 35.5. The number of carbonyl (C=O) groups excluding carboxylic acids is 3. The van der Waals surface area contributed by atoms with Crippen LogP contribution in [0.2, 0.25) is 10.3 Å². The number of carboxylic acid groups (broad SMARTS) is 1. The Hall–Kier alpha value is -10.2. The van der Waals surface area contributed by atoms with Gasteiger partial charge in [-0.05, 0) is 206 Å². The van der Waals surface area contributed by atoms with Crippen LogP contribution in [-0.4, -0.2) is 169 Å². The van der Waals surface area contributed by atoms with E-state index in [0.717, 1.165) is 43.2 Å². The van der Waals surface area contributed by atoms with Gasteiger partial charge in [-0.1, -0.05) is 83.9 Å². The Bertz CT molecular complexity index is 5220. The number of amides is 3. The SMILES string of the molecule is CC(C)(C)OC(=O)N1C[C@@H](CCCNc2cc(OCc3ccccc3)cc(S(=O)(=O)NC(=O)c3ccc(-n4ccc(OCCCC5(C(F)(F)F)CC5)n4)nc3Cl)n2)CC1(C)C.CC(C)(C)OC(=O)N1C[C@@H](CCCNc2cc(OCc3ccccc3)cc(S(N)(=O)=O)n2)CC1(C)C.O=C(O)c1ccc(-n2ccc(OCCCC3(C(F)(F)F)CC3)n2)nc1Cl. The van der Waals surface area contributed by atoms with Gasteiger partial charge in [-0.3, -0.25) is 4.79 Å². The van der Waals surface area contributed by atoms with Crippen LogP contribution in [0.1, 0.15) is 191 Å². The third-order valence-electron chi connectivity index (χ3n) is 20.9. The Morgan fingerprint density at radius 3 is 1.31 bits per heavy atom. The van der Waals surface area contributed by atoms with Gasteiger partial charge in [0.25, 0.3) is 26.0 Å². The summed E-state index contributed by atoms with van der Waals surface area (Å²) in [5.74, 6) is 0.344. The summed E-state index contributed by atoms with van der Waals surface area (Å²) < 4.78 is 168. The molecule has 8 heterocycles. The summed E-state index contributed by atoms with van der Waals surface area (Å²) in [7, 11) is -8.58. The number of alkyl halides is 6. The second-order valence-corrected chi connectivity index (χ2v) is 38.0. The minimum absolute atomic E-state index is 0.0194. The van der Waals surface area contributed by atoms with Crippen LogP contribution in [0.5, 0.6) is 23.3 Å².